The molecule has 0 saturated carbocycles. The molecule has 0 saturated heterocycles. The van der Waals surface area contributed by atoms with Crippen LogP contribution in [-0.4, -0.2) is 12.5 Å². The minimum atomic E-state index is -0.376. The van der Waals surface area contributed by atoms with Crippen LogP contribution in [0.5, 0.6) is 0 Å². The summed E-state index contributed by atoms with van der Waals surface area (Å²) in [6, 6.07) is 4.48. The third-order valence-corrected chi connectivity index (χ3v) is 2.11. The number of rotatable bonds is 5. The fourth-order valence-corrected chi connectivity index (χ4v) is 1.26. The quantitative estimate of drug-likeness (QED) is 0.753. The zero-order valence-electron chi connectivity index (χ0n) is 8.09. The summed E-state index contributed by atoms with van der Waals surface area (Å²) in [6.45, 7) is 0.799. The van der Waals surface area contributed by atoms with E-state index in [0.29, 0.717) is 23.7 Å². The van der Waals surface area contributed by atoms with Gasteiger partial charge in [0.25, 0.3) is 0 Å². The summed E-state index contributed by atoms with van der Waals surface area (Å²) in [4.78, 5) is 10.4. The predicted octanol–water partition coefficient (Wildman–Crippen LogP) is 1.44. The highest BCUT2D eigenvalue weighted by atomic mass is 35.5. The monoisotopic (exact) mass is 230 g/mol. The summed E-state index contributed by atoms with van der Waals surface area (Å²) >= 11 is 5.60. The highest BCUT2D eigenvalue weighted by molar-refractivity contribution is 6.30. The van der Waals surface area contributed by atoms with Gasteiger partial charge in [-0.3, -0.25) is 4.79 Å². The van der Waals surface area contributed by atoms with Gasteiger partial charge in [0.1, 0.15) is 5.82 Å². The average molecular weight is 231 g/mol. The van der Waals surface area contributed by atoms with E-state index in [1.165, 1.54) is 6.07 Å². The lowest BCUT2D eigenvalue weighted by molar-refractivity contribution is -0.117. The van der Waals surface area contributed by atoms with Crippen LogP contribution in [0.3, 0.4) is 0 Å². The van der Waals surface area contributed by atoms with E-state index in [1.807, 2.05) is 0 Å². The Balaban J connectivity index is 2.40. The molecule has 5 heteroatoms. The van der Waals surface area contributed by atoms with Gasteiger partial charge in [-0.15, -0.1) is 0 Å². The molecule has 0 radical (unpaired) electrons. The second-order valence-electron chi connectivity index (χ2n) is 3.13. The molecular formula is C10H12ClFN2O. The predicted molar refractivity (Wildman–Crippen MR) is 56.9 cm³/mol. The van der Waals surface area contributed by atoms with E-state index in [9.17, 15) is 9.18 Å². The molecule has 0 atom stereocenters. The first-order valence-corrected chi connectivity index (χ1v) is 4.90. The first-order valence-electron chi connectivity index (χ1n) is 4.52. The number of nitrogens with two attached hydrogens (primary N) is 1. The van der Waals surface area contributed by atoms with E-state index < -0.39 is 0 Å². The summed E-state index contributed by atoms with van der Waals surface area (Å²) < 4.78 is 13.2. The van der Waals surface area contributed by atoms with Gasteiger partial charge in [0.2, 0.25) is 5.91 Å². The van der Waals surface area contributed by atoms with Gasteiger partial charge in [-0.25, -0.2) is 4.39 Å². The molecule has 0 aliphatic heterocycles. The van der Waals surface area contributed by atoms with Gasteiger partial charge in [0.15, 0.2) is 0 Å². The van der Waals surface area contributed by atoms with Crippen LogP contribution in [0.15, 0.2) is 18.2 Å². The first-order chi connectivity index (χ1) is 7.09. The lowest BCUT2D eigenvalue weighted by Gasteiger charge is -2.04. The van der Waals surface area contributed by atoms with Crippen LogP contribution in [-0.2, 0) is 11.3 Å². The van der Waals surface area contributed by atoms with E-state index in [1.54, 1.807) is 12.1 Å². The van der Waals surface area contributed by atoms with Gasteiger partial charge in [-0.1, -0.05) is 17.7 Å². The Morgan fingerprint density at radius 2 is 2.27 bits per heavy atom. The van der Waals surface area contributed by atoms with Gasteiger partial charge in [-0.2, -0.15) is 0 Å². The highest BCUT2D eigenvalue weighted by Gasteiger charge is 2.02. The van der Waals surface area contributed by atoms with Crippen molar-refractivity contribution in [3.05, 3.63) is 34.6 Å². The highest BCUT2D eigenvalue weighted by Crippen LogP contribution is 2.14. The van der Waals surface area contributed by atoms with Crippen LogP contribution >= 0.6 is 11.6 Å². The normalized spacial score (nSPS) is 10.3. The van der Waals surface area contributed by atoms with Crippen LogP contribution < -0.4 is 11.1 Å². The molecule has 1 aromatic carbocycles. The van der Waals surface area contributed by atoms with Crippen LogP contribution in [0.25, 0.3) is 0 Å². The van der Waals surface area contributed by atoms with Gasteiger partial charge in [0.05, 0.1) is 0 Å². The Morgan fingerprint density at radius 1 is 1.53 bits per heavy atom. The zero-order chi connectivity index (χ0) is 11.3. The van der Waals surface area contributed by atoms with Crippen molar-refractivity contribution in [3.63, 3.8) is 0 Å². The fourth-order valence-electron chi connectivity index (χ4n) is 1.10. The Bertz CT molecular complexity index is 357. The number of hydrogen-bond acceptors (Lipinski definition) is 2. The Morgan fingerprint density at radius 3 is 2.87 bits per heavy atom. The third kappa shape index (κ3) is 4.27. The van der Waals surface area contributed by atoms with Crippen LogP contribution in [0.4, 0.5) is 4.39 Å². The molecule has 0 aliphatic carbocycles. The largest absolute Gasteiger partial charge is 0.370 e. The minimum absolute atomic E-state index is 0.245. The third-order valence-electron chi connectivity index (χ3n) is 1.88. The van der Waals surface area contributed by atoms with Crippen LogP contribution in [0.1, 0.15) is 12.0 Å². The standard InChI is InChI=1S/C10H12ClFN2O/c11-8-2-1-7(9(12)5-8)6-14-4-3-10(13)15/h1-2,5,14H,3-4,6H2,(H2,13,15). The van der Waals surface area contributed by atoms with E-state index >= 15 is 0 Å². The summed E-state index contributed by atoms with van der Waals surface area (Å²) in [7, 11) is 0. The number of nitrogens with one attached hydrogen (secondary N) is 1. The first kappa shape index (κ1) is 11.9. The molecule has 1 aromatic rings. The smallest absolute Gasteiger partial charge is 0.218 e. The molecule has 3 nitrogen and oxygen atoms in total. The van der Waals surface area contributed by atoms with Crippen LogP contribution in [0, 0.1) is 5.82 Å². The second kappa shape index (κ2) is 5.68. The lowest BCUT2D eigenvalue weighted by Crippen LogP contribution is -2.21. The molecule has 0 bridgehead atoms. The number of carbonyl (C=O) groups excluding carboxylic acids is 1. The van der Waals surface area contributed by atoms with Crippen molar-refractivity contribution >= 4 is 17.5 Å². The van der Waals surface area contributed by atoms with E-state index in [-0.39, 0.29) is 18.1 Å². The minimum Gasteiger partial charge on any atom is -0.370 e. The molecule has 0 aromatic heterocycles. The zero-order valence-corrected chi connectivity index (χ0v) is 8.85. The molecule has 0 spiro atoms. The van der Waals surface area contributed by atoms with Crippen molar-refractivity contribution in [2.45, 2.75) is 13.0 Å². The van der Waals surface area contributed by atoms with Gasteiger partial charge >= 0.3 is 0 Å². The maximum absolute atomic E-state index is 13.2. The van der Waals surface area contributed by atoms with Gasteiger partial charge in [0, 0.05) is 30.1 Å². The van der Waals surface area contributed by atoms with Crippen molar-refractivity contribution in [1.82, 2.24) is 5.32 Å². The summed E-state index contributed by atoms with van der Waals surface area (Å²) in [5.74, 6) is -0.729. The Labute approximate surface area is 92.4 Å². The Kier molecular flexibility index (Phi) is 4.52. The summed E-state index contributed by atoms with van der Waals surface area (Å²) in [6.07, 6.45) is 0.245. The van der Waals surface area contributed by atoms with Crippen molar-refractivity contribution in [2.24, 2.45) is 5.73 Å². The topological polar surface area (TPSA) is 55.1 Å². The van der Waals surface area contributed by atoms with Crippen molar-refractivity contribution in [1.29, 1.82) is 0 Å². The SMILES string of the molecule is NC(=O)CCNCc1ccc(Cl)cc1F. The number of amides is 1. The molecule has 1 rings (SSSR count). The maximum atomic E-state index is 13.2. The molecule has 0 heterocycles. The van der Waals surface area contributed by atoms with Gasteiger partial charge < -0.3 is 11.1 Å². The fraction of sp³-hybridized carbons (Fsp3) is 0.300. The number of hydrogen-bond donors (Lipinski definition) is 2. The van der Waals surface area contributed by atoms with Crippen molar-refractivity contribution in [3.8, 4) is 0 Å². The van der Waals surface area contributed by atoms with Crippen molar-refractivity contribution < 1.29 is 9.18 Å². The average Bonchev–Trinajstić information content (AvgIpc) is 2.14. The molecule has 82 valence electrons. The summed E-state index contributed by atoms with van der Waals surface area (Å²) in [5, 5.41) is 3.28. The van der Waals surface area contributed by atoms with E-state index in [0.717, 1.165) is 0 Å². The lowest BCUT2D eigenvalue weighted by atomic mass is 10.2. The Hall–Kier alpha value is -1.13. The van der Waals surface area contributed by atoms with Gasteiger partial charge in [-0.05, 0) is 12.1 Å². The molecule has 1 amide bonds. The number of primary amides is 1. The van der Waals surface area contributed by atoms with Crippen LogP contribution in [0.2, 0.25) is 5.02 Å². The molecule has 0 unspecified atom stereocenters. The maximum Gasteiger partial charge on any atom is 0.218 e. The number of halogens is 2. The molecule has 15 heavy (non-hydrogen) atoms. The molecular weight excluding hydrogens is 219 g/mol. The number of benzene rings is 1. The van der Waals surface area contributed by atoms with Crippen molar-refractivity contribution in [2.75, 3.05) is 6.54 Å². The van der Waals surface area contributed by atoms with E-state index in [2.05, 4.69) is 5.32 Å². The number of carbonyl (C=O) groups is 1. The molecule has 3 N–H and O–H groups in total. The summed E-state index contributed by atoms with van der Waals surface area (Å²) in [5.41, 5.74) is 5.47. The molecule has 0 aliphatic rings. The molecule has 0 fully saturated rings. The van der Waals surface area contributed by atoms with E-state index in [4.69, 9.17) is 17.3 Å². The second-order valence-corrected chi connectivity index (χ2v) is 3.57.